The Morgan fingerprint density at radius 3 is 2.32 bits per heavy atom. The fourth-order valence-electron chi connectivity index (χ4n) is 4.35. The Labute approximate surface area is 225 Å². The summed E-state index contributed by atoms with van der Waals surface area (Å²) in [4.78, 5) is 10.4. The van der Waals surface area contributed by atoms with Crippen molar-refractivity contribution in [1.82, 2.24) is 9.73 Å². The quantitative estimate of drug-likeness (QED) is 0.185. The lowest BCUT2D eigenvalue weighted by Gasteiger charge is -2.37. The zero-order valence-corrected chi connectivity index (χ0v) is 22.2. The highest BCUT2D eigenvalue weighted by Gasteiger charge is 2.41. The monoisotopic (exact) mass is 555 g/mol. The summed E-state index contributed by atoms with van der Waals surface area (Å²) in [6.07, 6.45) is 0.378. The van der Waals surface area contributed by atoms with E-state index in [1.54, 1.807) is 30.3 Å². The number of thiocarbonyl (C=S) groups is 1. The summed E-state index contributed by atoms with van der Waals surface area (Å²) < 4.78 is 40.3. The van der Waals surface area contributed by atoms with Gasteiger partial charge in [-0.25, -0.2) is 8.42 Å². The number of methoxy groups -OCH3 is 2. The molecule has 198 valence electrons. The van der Waals surface area contributed by atoms with Crippen LogP contribution in [0.5, 0.6) is 11.5 Å². The van der Waals surface area contributed by atoms with Gasteiger partial charge in [-0.2, -0.15) is 9.41 Å². The second-order valence-electron chi connectivity index (χ2n) is 8.26. The van der Waals surface area contributed by atoms with Crippen LogP contribution in [0.1, 0.15) is 22.7 Å². The number of sulfonamides is 1. The fourth-order valence-corrected chi connectivity index (χ4v) is 5.97. The van der Waals surface area contributed by atoms with Crippen LogP contribution in [0.3, 0.4) is 0 Å². The number of nitrogens with zero attached hydrogens (tertiary/aromatic N) is 3. The van der Waals surface area contributed by atoms with Gasteiger partial charge in [-0.05, 0) is 59.6 Å². The normalized spacial score (nSPS) is 15.8. The molecule has 4 rings (SSSR count). The molecule has 1 unspecified atom stereocenters. The third-order valence-corrected chi connectivity index (χ3v) is 8.07. The molecular weight excluding hydrogens is 530 g/mol. The van der Waals surface area contributed by atoms with Gasteiger partial charge in [-0.3, -0.25) is 15.5 Å². The molecule has 0 saturated carbocycles. The van der Waals surface area contributed by atoms with Crippen LogP contribution in [0.15, 0.2) is 76.7 Å². The second kappa shape index (κ2) is 11.1. The van der Waals surface area contributed by atoms with E-state index in [0.717, 1.165) is 17.7 Å². The number of hydrazone groups is 1. The lowest BCUT2D eigenvalue weighted by molar-refractivity contribution is -0.384. The Hall–Kier alpha value is -4.07. The molecule has 0 aromatic heterocycles. The summed E-state index contributed by atoms with van der Waals surface area (Å²) in [5.41, 5.74) is 10.5. The Morgan fingerprint density at radius 1 is 1.11 bits per heavy atom. The molecule has 38 heavy (non-hydrogen) atoms. The van der Waals surface area contributed by atoms with Gasteiger partial charge in [0.05, 0.1) is 35.8 Å². The van der Waals surface area contributed by atoms with Crippen molar-refractivity contribution in [2.24, 2.45) is 10.8 Å². The number of benzene rings is 3. The molecule has 0 bridgehead atoms. The highest BCUT2D eigenvalue weighted by atomic mass is 32.2. The fraction of sp³-hybridized carbons (Fsp3) is 0.200. The van der Waals surface area contributed by atoms with Gasteiger partial charge in [0.25, 0.3) is 5.69 Å². The molecule has 1 heterocycles. The standard InChI is InChI=1S/C25H25N5O6S2/c1-35-21-14-17-12-13-29(38(33,34)19-10-8-18(9-11-19)30(31)32)24(20(17)15-22(21)36-2)23(27-28-25(26)37)16-6-4-3-5-7-16/h3-11,14-15,24H,12-13H2,1-2H3,(H3,26,28,37)/b27-23+. The van der Waals surface area contributed by atoms with Crippen molar-refractivity contribution in [3.8, 4) is 11.5 Å². The van der Waals surface area contributed by atoms with Crippen LogP contribution in [-0.4, -0.2) is 49.2 Å². The van der Waals surface area contributed by atoms with Crippen molar-refractivity contribution >= 4 is 38.8 Å². The van der Waals surface area contributed by atoms with E-state index >= 15 is 0 Å². The Balaban J connectivity index is 1.95. The van der Waals surface area contributed by atoms with Crippen LogP contribution in [0.2, 0.25) is 0 Å². The first-order valence-corrected chi connectivity index (χ1v) is 13.2. The number of fused-ring (bicyclic) bond motifs is 1. The van der Waals surface area contributed by atoms with Crippen LogP contribution < -0.4 is 20.6 Å². The van der Waals surface area contributed by atoms with Crippen LogP contribution >= 0.6 is 12.2 Å². The van der Waals surface area contributed by atoms with E-state index < -0.39 is 21.0 Å². The van der Waals surface area contributed by atoms with E-state index in [2.05, 4.69) is 10.5 Å². The number of ether oxygens (including phenoxy) is 2. The van der Waals surface area contributed by atoms with Gasteiger partial charge in [0.2, 0.25) is 10.0 Å². The van der Waals surface area contributed by atoms with Crippen molar-refractivity contribution in [2.75, 3.05) is 20.8 Å². The third kappa shape index (κ3) is 5.30. The maximum Gasteiger partial charge on any atom is 0.269 e. The third-order valence-electron chi connectivity index (χ3n) is 6.10. The second-order valence-corrected chi connectivity index (χ2v) is 10.6. The molecule has 0 spiro atoms. The number of nitrogens with one attached hydrogen (secondary N) is 1. The average molecular weight is 556 g/mol. The van der Waals surface area contributed by atoms with Crippen LogP contribution in [0.25, 0.3) is 0 Å². The summed E-state index contributed by atoms with van der Waals surface area (Å²) in [5.74, 6) is 0.927. The number of non-ortho nitro benzene ring substituents is 1. The first-order chi connectivity index (χ1) is 18.2. The zero-order chi connectivity index (χ0) is 27.4. The van der Waals surface area contributed by atoms with Crippen molar-refractivity contribution in [3.63, 3.8) is 0 Å². The number of hydrogen-bond donors (Lipinski definition) is 2. The van der Waals surface area contributed by atoms with Crippen molar-refractivity contribution in [1.29, 1.82) is 0 Å². The summed E-state index contributed by atoms with van der Waals surface area (Å²) in [6.45, 7) is 0.103. The van der Waals surface area contributed by atoms with E-state index in [4.69, 9.17) is 27.4 Å². The molecule has 3 aromatic carbocycles. The van der Waals surface area contributed by atoms with Crippen LogP contribution in [0.4, 0.5) is 5.69 Å². The first-order valence-electron chi connectivity index (χ1n) is 11.4. The predicted octanol–water partition coefficient (Wildman–Crippen LogP) is 3.14. The maximum absolute atomic E-state index is 14.0. The molecule has 0 amide bonds. The van der Waals surface area contributed by atoms with Crippen molar-refractivity contribution in [3.05, 3.63) is 93.5 Å². The average Bonchev–Trinajstić information content (AvgIpc) is 2.92. The summed E-state index contributed by atoms with van der Waals surface area (Å²) in [7, 11) is -1.14. The smallest absolute Gasteiger partial charge is 0.269 e. The molecule has 0 aliphatic carbocycles. The molecule has 3 N–H and O–H groups in total. The molecule has 0 radical (unpaired) electrons. The molecule has 0 fully saturated rings. The lowest BCUT2D eigenvalue weighted by atomic mass is 9.88. The molecule has 3 aromatic rings. The van der Waals surface area contributed by atoms with E-state index in [-0.39, 0.29) is 22.2 Å². The van der Waals surface area contributed by atoms with Crippen LogP contribution in [0, 0.1) is 10.1 Å². The Kier molecular flexibility index (Phi) is 7.90. The van der Waals surface area contributed by atoms with Gasteiger partial charge in [0, 0.05) is 18.7 Å². The SMILES string of the molecule is COc1cc2c(cc1OC)C(/C(=N/NC(N)=S)c1ccccc1)N(S(=O)(=O)c1ccc([N+](=O)[O-])cc1)CC2. The van der Waals surface area contributed by atoms with Crippen LogP contribution in [-0.2, 0) is 16.4 Å². The summed E-state index contributed by atoms with van der Waals surface area (Å²) in [5, 5.41) is 15.5. The minimum atomic E-state index is -4.16. The number of nitro groups is 1. The van der Waals surface area contributed by atoms with E-state index in [1.807, 2.05) is 12.1 Å². The molecule has 1 aliphatic rings. The number of rotatable bonds is 8. The number of nitro benzene ring substituents is 1. The van der Waals surface area contributed by atoms with Gasteiger partial charge in [0.15, 0.2) is 16.6 Å². The molecule has 13 heteroatoms. The van der Waals surface area contributed by atoms with Crippen molar-refractivity contribution < 1.29 is 22.8 Å². The molecular formula is C25H25N5O6S2. The minimum absolute atomic E-state index is 0.0910. The largest absolute Gasteiger partial charge is 0.493 e. The topological polar surface area (TPSA) is 149 Å². The molecule has 11 nitrogen and oxygen atoms in total. The molecule has 0 saturated heterocycles. The van der Waals surface area contributed by atoms with Gasteiger partial charge < -0.3 is 15.2 Å². The van der Waals surface area contributed by atoms with E-state index in [1.165, 1.54) is 30.7 Å². The highest BCUT2D eigenvalue weighted by molar-refractivity contribution is 7.89. The van der Waals surface area contributed by atoms with E-state index in [9.17, 15) is 18.5 Å². The number of hydrogen-bond acceptors (Lipinski definition) is 8. The lowest BCUT2D eigenvalue weighted by Crippen LogP contribution is -2.44. The van der Waals surface area contributed by atoms with Crippen molar-refractivity contribution in [2.45, 2.75) is 17.4 Å². The summed E-state index contributed by atoms with van der Waals surface area (Å²) >= 11 is 4.96. The molecule has 1 atom stereocenters. The van der Waals surface area contributed by atoms with Gasteiger partial charge in [0.1, 0.15) is 0 Å². The first kappa shape index (κ1) is 27.0. The molecule has 1 aliphatic heterocycles. The highest BCUT2D eigenvalue weighted by Crippen LogP contribution is 2.42. The van der Waals surface area contributed by atoms with Gasteiger partial charge >= 0.3 is 0 Å². The predicted molar refractivity (Wildman–Crippen MR) is 146 cm³/mol. The minimum Gasteiger partial charge on any atom is -0.493 e. The Morgan fingerprint density at radius 2 is 1.74 bits per heavy atom. The van der Waals surface area contributed by atoms with Gasteiger partial charge in [-0.1, -0.05) is 30.3 Å². The van der Waals surface area contributed by atoms with Gasteiger partial charge in [-0.15, -0.1) is 0 Å². The van der Waals surface area contributed by atoms with E-state index in [0.29, 0.717) is 34.8 Å². The zero-order valence-electron chi connectivity index (χ0n) is 20.5. The summed E-state index contributed by atoms with van der Waals surface area (Å²) in [6, 6.07) is 16.4. The number of nitrogens with two attached hydrogens (primary N) is 1. The maximum atomic E-state index is 14.0. The Bertz CT molecular complexity index is 1490.